The largest absolute Gasteiger partial charge is 0.465 e. The van der Waals surface area contributed by atoms with Crippen LogP contribution in [0.4, 0.5) is 0 Å². The SMILES string of the molecule is CCOC(=O)[C@H](CS)NCCN[C@@H](CS)C(=O)OCC.Cl. The fraction of sp³-hybridized carbons (Fsp3) is 0.833. The molecule has 0 aromatic heterocycles. The maximum Gasteiger partial charge on any atom is 0.323 e. The molecule has 126 valence electrons. The van der Waals surface area contributed by atoms with E-state index in [0.29, 0.717) is 37.8 Å². The van der Waals surface area contributed by atoms with Crippen molar-refractivity contribution in [1.29, 1.82) is 0 Å². The molecule has 0 aromatic rings. The number of halogens is 1. The summed E-state index contributed by atoms with van der Waals surface area (Å²) in [6, 6.07) is -0.894. The third kappa shape index (κ3) is 10.2. The molecule has 21 heavy (non-hydrogen) atoms. The van der Waals surface area contributed by atoms with Crippen molar-refractivity contribution < 1.29 is 19.1 Å². The normalized spacial score (nSPS) is 13.0. The minimum Gasteiger partial charge on any atom is -0.465 e. The van der Waals surface area contributed by atoms with Gasteiger partial charge in [-0.1, -0.05) is 0 Å². The fourth-order valence-electron chi connectivity index (χ4n) is 1.42. The minimum absolute atomic E-state index is 0. The quantitative estimate of drug-likeness (QED) is 0.241. The van der Waals surface area contributed by atoms with Crippen molar-refractivity contribution in [3.8, 4) is 0 Å². The first-order chi connectivity index (χ1) is 9.60. The van der Waals surface area contributed by atoms with E-state index < -0.39 is 12.1 Å². The molecular weight excluding hydrogens is 336 g/mol. The van der Waals surface area contributed by atoms with Gasteiger partial charge in [0, 0.05) is 24.6 Å². The number of rotatable bonds is 11. The standard InChI is InChI=1S/C12H24N2O4S2.ClH/c1-3-17-11(15)9(7-19)13-5-6-14-10(8-20)12(16)18-4-2;/h9-10,13-14,19-20H,3-8H2,1-2H3;1H/t9-,10-;/m0./s1. The summed E-state index contributed by atoms with van der Waals surface area (Å²) in [5, 5.41) is 6.03. The van der Waals surface area contributed by atoms with Gasteiger partial charge in [0.2, 0.25) is 0 Å². The Morgan fingerprint density at radius 3 is 1.48 bits per heavy atom. The molecule has 0 saturated carbocycles. The van der Waals surface area contributed by atoms with E-state index in [1.165, 1.54) is 0 Å². The van der Waals surface area contributed by atoms with Crippen molar-refractivity contribution in [2.45, 2.75) is 25.9 Å². The molecule has 0 unspecified atom stereocenters. The van der Waals surface area contributed by atoms with Crippen molar-refractivity contribution in [2.24, 2.45) is 0 Å². The lowest BCUT2D eigenvalue weighted by Gasteiger charge is -2.17. The Bertz CT molecular complexity index is 270. The molecule has 0 aromatic carbocycles. The summed E-state index contributed by atoms with van der Waals surface area (Å²) in [4.78, 5) is 23.0. The van der Waals surface area contributed by atoms with Crippen LogP contribution in [-0.2, 0) is 19.1 Å². The number of hydrogen-bond acceptors (Lipinski definition) is 8. The molecule has 2 N–H and O–H groups in total. The van der Waals surface area contributed by atoms with Crippen molar-refractivity contribution in [3.05, 3.63) is 0 Å². The average molecular weight is 361 g/mol. The van der Waals surface area contributed by atoms with Gasteiger partial charge in [-0.25, -0.2) is 0 Å². The lowest BCUT2D eigenvalue weighted by atomic mass is 10.3. The Morgan fingerprint density at radius 1 is 0.905 bits per heavy atom. The van der Waals surface area contributed by atoms with E-state index in [2.05, 4.69) is 35.9 Å². The van der Waals surface area contributed by atoms with E-state index in [1.807, 2.05) is 0 Å². The van der Waals surface area contributed by atoms with Crippen molar-refractivity contribution in [1.82, 2.24) is 10.6 Å². The molecule has 0 heterocycles. The Labute approximate surface area is 143 Å². The summed E-state index contributed by atoms with van der Waals surface area (Å²) >= 11 is 8.20. The van der Waals surface area contributed by atoms with Crippen molar-refractivity contribution in [3.63, 3.8) is 0 Å². The van der Waals surface area contributed by atoms with Gasteiger partial charge in [-0.15, -0.1) is 12.4 Å². The zero-order valence-electron chi connectivity index (χ0n) is 12.3. The Morgan fingerprint density at radius 2 is 1.24 bits per heavy atom. The highest BCUT2D eigenvalue weighted by Crippen LogP contribution is 1.94. The zero-order chi connectivity index (χ0) is 15.4. The second-order valence-corrected chi connectivity index (χ2v) is 4.61. The highest BCUT2D eigenvalue weighted by atomic mass is 35.5. The summed E-state index contributed by atoms with van der Waals surface area (Å²) in [6.07, 6.45) is 0. The van der Waals surface area contributed by atoms with E-state index in [1.54, 1.807) is 13.8 Å². The molecule has 0 rings (SSSR count). The third-order valence-corrected chi connectivity index (χ3v) is 3.14. The number of nitrogens with one attached hydrogen (secondary N) is 2. The van der Waals surface area contributed by atoms with Gasteiger partial charge in [-0.3, -0.25) is 9.59 Å². The molecule has 0 fully saturated rings. The molecule has 6 nitrogen and oxygen atoms in total. The number of thiol groups is 2. The van der Waals surface area contributed by atoms with Gasteiger partial charge in [-0.05, 0) is 13.8 Å². The summed E-state index contributed by atoms with van der Waals surface area (Å²) in [5.74, 6) is 0.0663. The highest BCUT2D eigenvalue weighted by Gasteiger charge is 2.19. The topological polar surface area (TPSA) is 76.7 Å². The van der Waals surface area contributed by atoms with Crippen LogP contribution in [-0.4, -0.2) is 61.8 Å². The maximum atomic E-state index is 11.5. The van der Waals surface area contributed by atoms with Crippen LogP contribution < -0.4 is 10.6 Å². The first-order valence-electron chi connectivity index (χ1n) is 6.62. The summed E-state index contributed by atoms with van der Waals surface area (Å²) in [7, 11) is 0. The molecule has 2 atom stereocenters. The molecular formula is C12H25ClN2O4S2. The zero-order valence-corrected chi connectivity index (χ0v) is 14.9. The van der Waals surface area contributed by atoms with Crippen LogP contribution in [0.5, 0.6) is 0 Å². The highest BCUT2D eigenvalue weighted by molar-refractivity contribution is 7.80. The Balaban J connectivity index is 0. The molecule has 0 aliphatic rings. The van der Waals surface area contributed by atoms with Crippen LogP contribution >= 0.6 is 37.7 Å². The van der Waals surface area contributed by atoms with E-state index in [4.69, 9.17) is 9.47 Å². The van der Waals surface area contributed by atoms with Crippen LogP contribution in [0.3, 0.4) is 0 Å². The molecule has 0 spiro atoms. The first-order valence-corrected chi connectivity index (χ1v) is 7.88. The Kier molecular flexibility index (Phi) is 16.3. The molecule has 0 aliphatic heterocycles. The van der Waals surface area contributed by atoms with Crippen molar-refractivity contribution >= 4 is 49.6 Å². The van der Waals surface area contributed by atoms with Gasteiger partial charge < -0.3 is 20.1 Å². The smallest absolute Gasteiger partial charge is 0.323 e. The molecule has 0 saturated heterocycles. The third-order valence-electron chi connectivity index (χ3n) is 2.41. The molecule has 0 radical (unpaired) electrons. The maximum absolute atomic E-state index is 11.5. The fourth-order valence-corrected chi connectivity index (χ4v) is 1.98. The lowest BCUT2D eigenvalue weighted by molar-refractivity contribution is -0.146. The first kappa shape index (κ1) is 23.1. The number of carbonyl (C=O) groups is 2. The van der Waals surface area contributed by atoms with Gasteiger partial charge in [0.25, 0.3) is 0 Å². The summed E-state index contributed by atoms with van der Waals surface area (Å²) in [6.45, 7) is 5.21. The molecule has 9 heteroatoms. The van der Waals surface area contributed by atoms with Gasteiger partial charge in [0.15, 0.2) is 0 Å². The van der Waals surface area contributed by atoms with E-state index in [9.17, 15) is 9.59 Å². The van der Waals surface area contributed by atoms with Crippen molar-refractivity contribution in [2.75, 3.05) is 37.8 Å². The van der Waals surface area contributed by atoms with Crippen LogP contribution in [0.2, 0.25) is 0 Å². The van der Waals surface area contributed by atoms with E-state index in [0.717, 1.165) is 0 Å². The van der Waals surface area contributed by atoms with Gasteiger partial charge in [0.1, 0.15) is 12.1 Å². The average Bonchev–Trinajstić information content (AvgIpc) is 2.43. The predicted molar refractivity (Wildman–Crippen MR) is 91.8 cm³/mol. The number of ether oxygens (including phenoxy) is 2. The lowest BCUT2D eigenvalue weighted by Crippen LogP contribution is -2.46. The van der Waals surface area contributed by atoms with Crippen LogP contribution in [0.25, 0.3) is 0 Å². The summed E-state index contributed by atoms with van der Waals surface area (Å²) < 4.78 is 9.81. The van der Waals surface area contributed by atoms with Crippen LogP contribution in [0.15, 0.2) is 0 Å². The molecule has 0 amide bonds. The Hall–Kier alpha value is -0.150. The van der Waals surface area contributed by atoms with Gasteiger partial charge >= 0.3 is 11.9 Å². The van der Waals surface area contributed by atoms with Gasteiger partial charge in [0.05, 0.1) is 13.2 Å². The van der Waals surface area contributed by atoms with E-state index in [-0.39, 0.29) is 24.3 Å². The predicted octanol–water partition coefficient (Wildman–Crippen LogP) is 0.310. The van der Waals surface area contributed by atoms with Gasteiger partial charge in [-0.2, -0.15) is 25.3 Å². The van der Waals surface area contributed by atoms with Crippen LogP contribution in [0.1, 0.15) is 13.8 Å². The molecule has 0 aliphatic carbocycles. The second-order valence-electron chi connectivity index (χ2n) is 3.88. The number of esters is 2. The second kappa shape index (κ2) is 14.8. The van der Waals surface area contributed by atoms with Crippen LogP contribution in [0, 0.1) is 0 Å². The minimum atomic E-state index is -0.447. The molecule has 0 bridgehead atoms. The monoisotopic (exact) mass is 360 g/mol. The summed E-state index contributed by atoms with van der Waals surface area (Å²) in [5.41, 5.74) is 0. The number of hydrogen-bond donors (Lipinski definition) is 4. The number of carbonyl (C=O) groups excluding carboxylic acids is 2. The van der Waals surface area contributed by atoms with E-state index >= 15 is 0 Å².